The van der Waals surface area contributed by atoms with Crippen molar-refractivity contribution in [1.82, 2.24) is 14.8 Å². The number of rotatable bonds is 6. The van der Waals surface area contributed by atoms with Gasteiger partial charge in [0.15, 0.2) is 0 Å². The molecule has 0 amide bonds. The highest BCUT2D eigenvalue weighted by atomic mass is 32.1. The Hall–Kier alpha value is -1.02. The smallest absolute Gasteiger partial charge is 0.367 e. The second-order valence-corrected chi connectivity index (χ2v) is 5.92. The monoisotopic (exact) mass is 313 g/mol. The van der Waals surface area contributed by atoms with Gasteiger partial charge in [-0.05, 0) is 26.4 Å². The van der Waals surface area contributed by atoms with E-state index in [4.69, 9.17) is 9.84 Å². The highest BCUT2D eigenvalue weighted by Gasteiger charge is 2.17. The average Bonchev–Trinajstić information content (AvgIpc) is 2.82. The van der Waals surface area contributed by atoms with E-state index in [2.05, 4.69) is 14.8 Å². The largest absolute Gasteiger partial charge is 0.461 e. The van der Waals surface area contributed by atoms with Gasteiger partial charge in [0.25, 0.3) is 0 Å². The van der Waals surface area contributed by atoms with Crippen molar-refractivity contribution in [2.24, 2.45) is 0 Å². The van der Waals surface area contributed by atoms with E-state index in [0.29, 0.717) is 11.6 Å². The summed E-state index contributed by atoms with van der Waals surface area (Å²) in [6.07, 6.45) is 1.09. The molecule has 2 heterocycles. The Labute approximate surface area is 129 Å². The van der Waals surface area contributed by atoms with Crippen LogP contribution in [0.3, 0.4) is 0 Å². The number of nitrogens with zero attached hydrogens (tertiary/aromatic N) is 3. The maximum atomic E-state index is 11.6. The van der Waals surface area contributed by atoms with Crippen LogP contribution >= 0.6 is 11.3 Å². The first-order chi connectivity index (χ1) is 10.2. The van der Waals surface area contributed by atoms with Gasteiger partial charge in [0.2, 0.25) is 5.01 Å². The van der Waals surface area contributed by atoms with Gasteiger partial charge in [-0.1, -0.05) is 0 Å². The van der Waals surface area contributed by atoms with Crippen molar-refractivity contribution in [1.29, 1.82) is 0 Å². The minimum absolute atomic E-state index is 0.217. The van der Waals surface area contributed by atoms with Crippen LogP contribution in [0.5, 0.6) is 0 Å². The Morgan fingerprint density at radius 1 is 1.38 bits per heavy atom. The number of thiazole rings is 1. The standard InChI is InChI=1S/C14H23N3O3S/c1-2-20-14(19)13-15-12(11-21-13)10-17-5-3-4-16(6-7-17)8-9-18/h11,18H,2-10H2,1H3. The number of aliphatic hydroxyl groups excluding tert-OH is 1. The predicted molar refractivity (Wildman–Crippen MR) is 81.5 cm³/mol. The predicted octanol–water partition coefficient (Wildman–Crippen LogP) is 0.820. The van der Waals surface area contributed by atoms with E-state index in [1.807, 2.05) is 5.38 Å². The highest BCUT2D eigenvalue weighted by molar-refractivity contribution is 7.11. The summed E-state index contributed by atoms with van der Waals surface area (Å²) >= 11 is 1.34. The van der Waals surface area contributed by atoms with Gasteiger partial charge in [0, 0.05) is 31.6 Å². The van der Waals surface area contributed by atoms with E-state index in [1.54, 1.807) is 6.92 Å². The molecular formula is C14H23N3O3S. The van der Waals surface area contributed by atoms with Crippen LogP contribution in [-0.2, 0) is 11.3 Å². The SMILES string of the molecule is CCOC(=O)c1nc(CN2CCCN(CCO)CC2)cs1. The topological polar surface area (TPSA) is 65.9 Å². The zero-order chi connectivity index (χ0) is 15.1. The molecule has 1 aliphatic heterocycles. The second-order valence-electron chi connectivity index (χ2n) is 5.06. The number of hydrogen-bond donors (Lipinski definition) is 1. The average molecular weight is 313 g/mol. The molecule has 1 aromatic rings. The molecule has 7 heteroatoms. The van der Waals surface area contributed by atoms with E-state index in [-0.39, 0.29) is 12.6 Å². The number of hydrogen-bond acceptors (Lipinski definition) is 7. The fourth-order valence-electron chi connectivity index (χ4n) is 2.44. The van der Waals surface area contributed by atoms with Crippen LogP contribution in [0.4, 0.5) is 0 Å². The Morgan fingerprint density at radius 3 is 2.90 bits per heavy atom. The summed E-state index contributed by atoms with van der Waals surface area (Å²) in [4.78, 5) is 20.6. The van der Waals surface area contributed by atoms with Crippen molar-refractivity contribution >= 4 is 17.3 Å². The summed E-state index contributed by atoms with van der Waals surface area (Å²) < 4.78 is 4.96. The molecule has 0 aromatic carbocycles. The zero-order valence-corrected chi connectivity index (χ0v) is 13.3. The fraction of sp³-hybridized carbons (Fsp3) is 0.714. The van der Waals surface area contributed by atoms with Crippen LogP contribution in [0.15, 0.2) is 5.38 Å². The third-order valence-electron chi connectivity index (χ3n) is 3.48. The van der Waals surface area contributed by atoms with Crippen LogP contribution in [0.2, 0.25) is 0 Å². The van der Waals surface area contributed by atoms with Crippen molar-refractivity contribution in [3.63, 3.8) is 0 Å². The molecule has 1 N–H and O–H groups in total. The number of carbonyl (C=O) groups excluding carboxylic acids is 1. The molecule has 0 unspecified atom stereocenters. The molecule has 118 valence electrons. The molecule has 0 atom stereocenters. The molecule has 0 aliphatic carbocycles. The highest BCUT2D eigenvalue weighted by Crippen LogP contribution is 2.14. The molecular weight excluding hydrogens is 290 g/mol. The number of aromatic nitrogens is 1. The molecule has 1 aliphatic rings. The van der Waals surface area contributed by atoms with E-state index in [0.717, 1.165) is 51.4 Å². The molecule has 1 aromatic heterocycles. The third-order valence-corrected chi connectivity index (χ3v) is 4.36. The summed E-state index contributed by atoms with van der Waals surface area (Å²) in [5, 5.41) is 11.4. The second kappa shape index (κ2) is 8.43. The van der Waals surface area contributed by atoms with E-state index < -0.39 is 0 Å². The normalized spacial score (nSPS) is 17.6. The molecule has 21 heavy (non-hydrogen) atoms. The summed E-state index contributed by atoms with van der Waals surface area (Å²) in [5.41, 5.74) is 0.929. The molecule has 0 bridgehead atoms. The van der Waals surface area contributed by atoms with Crippen molar-refractivity contribution in [2.45, 2.75) is 19.9 Å². The third kappa shape index (κ3) is 5.03. The van der Waals surface area contributed by atoms with Crippen LogP contribution in [0.25, 0.3) is 0 Å². The minimum atomic E-state index is -0.335. The van der Waals surface area contributed by atoms with Crippen LogP contribution in [-0.4, -0.2) is 71.8 Å². The Balaban J connectivity index is 1.85. The zero-order valence-electron chi connectivity index (χ0n) is 12.5. The Morgan fingerprint density at radius 2 is 2.14 bits per heavy atom. The van der Waals surface area contributed by atoms with Crippen molar-refractivity contribution in [3.05, 3.63) is 16.1 Å². The van der Waals surface area contributed by atoms with Gasteiger partial charge in [0.05, 0.1) is 18.9 Å². The van der Waals surface area contributed by atoms with Crippen molar-refractivity contribution in [2.75, 3.05) is 45.9 Å². The first-order valence-corrected chi connectivity index (χ1v) is 8.28. The fourth-order valence-corrected chi connectivity index (χ4v) is 3.14. The van der Waals surface area contributed by atoms with Gasteiger partial charge in [-0.25, -0.2) is 9.78 Å². The summed E-state index contributed by atoms with van der Waals surface area (Å²) in [6.45, 7) is 7.88. The number of ether oxygens (including phenoxy) is 1. The number of esters is 1. The van der Waals surface area contributed by atoms with E-state index in [9.17, 15) is 4.79 Å². The first-order valence-electron chi connectivity index (χ1n) is 7.40. The van der Waals surface area contributed by atoms with Gasteiger partial charge < -0.3 is 9.84 Å². The summed E-state index contributed by atoms with van der Waals surface area (Å²) in [5.74, 6) is -0.335. The summed E-state index contributed by atoms with van der Waals surface area (Å²) in [7, 11) is 0. The van der Waals surface area contributed by atoms with Gasteiger partial charge in [-0.2, -0.15) is 0 Å². The molecule has 2 rings (SSSR count). The van der Waals surface area contributed by atoms with Gasteiger partial charge in [0.1, 0.15) is 0 Å². The van der Waals surface area contributed by atoms with Gasteiger partial charge in [-0.15, -0.1) is 11.3 Å². The number of β-amino-alcohol motifs (C(OH)–C–C–N with tert-alkyl or cyclic N) is 1. The molecule has 6 nitrogen and oxygen atoms in total. The number of carbonyl (C=O) groups is 1. The molecule has 0 saturated carbocycles. The Kier molecular flexibility index (Phi) is 6.56. The lowest BCUT2D eigenvalue weighted by molar-refractivity contribution is 0.0525. The molecule has 0 spiro atoms. The minimum Gasteiger partial charge on any atom is -0.461 e. The summed E-state index contributed by atoms with van der Waals surface area (Å²) in [6, 6.07) is 0. The quantitative estimate of drug-likeness (QED) is 0.785. The van der Waals surface area contributed by atoms with Crippen molar-refractivity contribution < 1.29 is 14.6 Å². The maximum Gasteiger partial charge on any atom is 0.367 e. The molecule has 1 fully saturated rings. The number of aliphatic hydroxyl groups is 1. The van der Waals surface area contributed by atoms with Gasteiger partial charge in [-0.3, -0.25) is 9.80 Å². The Bertz CT molecular complexity index is 452. The van der Waals surface area contributed by atoms with Crippen LogP contribution < -0.4 is 0 Å². The van der Waals surface area contributed by atoms with E-state index in [1.165, 1.54) is 11.3 Å². The maximum absolute atomic E-state index is 11.6. The molecule has 1 saturated heterocycles. The lowest BCUT2D eigenvalue weighted by Gasteiger charge is -2.20. The van der Waals surface area contributed by atoms with Crippen LogP contribution in [0, 0.1) is 0 Å². The van der Waals surface area contributed by atoms with Crippen molar-refractivity contribution in [3.8, 4) is 0 Å². The first kappa shape index (κ1) is 16.4. The van der Waals surface area contributed by atoms with Gasteiger partial charge >= 0.3 is 5.97 Å². The lowest BCUT2D eigenvalue weighted by atomic mass is 10.3. The van der Waals surface area contributed by atoms with Crippen LogP contribution in [0.1, 0.15) is 28.8 Å². The molecule has 0 radical (unpaired) electrons. The van der Waals surface area contributed by atoms with E-state index >= 15 is 0 Å². The lowest BCUT2D eigenvalue weighted by Crippen LogP contribution is -2.32.